The molecule has 0 aromatic carbocycles. The van der Waals surface area contributed by atoms with E-state index >= 15 is 0 Å². The molecule has 0 unspecified atom stereocenters. The minimum absolute atomic E-state index is 0.438. The first-order chi connectivity index (χ1) is 6.57. The van der Waals surface area contributed by atoms with E-state index in [9.17, 15) is 0 Å². The lowest BCUT2D eigenvalue weighted by molar-refractivity contribution is 0.738. The molecule has 1 aromatic rings. The molecule has 0 radical (unpaired) electrons. The van der Waals surface area contributed by atoms with Crippen LogP contribution >= 0.6 is 0 Å². The molecule has 0 atom stereocenters. The molecule has 4 heteroatoms. The van der Waals surface area contributed by atoms with Crippen LogP contribution in [0.5, 0.6) is 0 Å². The molecule has 0 aliphatic heterocycles. The summed E-state index contributed by atoms with van der Waals surface area (Å²) in [5, 5.41) is 3.05. The van der Waals surface area contributed by atoms with Gasteiger partial charge in [0.25, 0.3) is 0 Å². The minimum Gasteiger partial charge on any atom is -0.373 e. The fourth-order valence-electron chi connectivity index (χ4n) is 1.29. The largest absolute Gasteiger partial charge is 0.373 e. The number of aromatic nitrogens is 2. The SMILES string of the molecule is CNc1ncnc(N(C)C(C)C)c1C. The maximum atomic E-state index is 4.28. The molecule has 0 saturated carbocycles. The van der Waals surface area contributed by atoms with Crippen LogP contribution in [0.15, 0.2) is 6.33 Å². The summed E-state index contributed by atoms with van der Waals surface area (Å²) in [5.74, 6) is 1.88. The van der Waals surface area contributed by atoms with E-state index in [4.69, 9.17) is 0 Å². The molecule has 0 saturated heterocycles. The fraction of sp³-hybridized carbons (Fsp3) is 0.600. The van der Waals surface area contributed by atoms with Crippen molar-refractivity contribution in [3.8, 4) is 0 Å². The van der Waals surface area contributed by atoms with Gasteiger partial charge in [-0.1, -0.05) is 0 Å². The highest BCUT2D eigenvalue weighted by molar-refractivity contribution is 5.57. The zero-order valence-corrected chi connectivity index (χ0v) is 9.50. The molecular weight excluding hydrogens is 176 g/mol. The second kappa shape index (κ2) is 4.26. The maximum Gasteiger partial charge on any atom is 0.136 e. The van der Waals surface area contributed by atoms with Gasteiger partial charge < -0.3 is 10.2 Å². The van der Waals surface area contributed by atoms with Gasteiger partial charge in [0.05, 0.1) is 0 Å². The number of hydrogen-bond donors (Lipinski definition) is 1. The standard InChI is InChI=1S/C10H18N4/c1-7(2)14(5)10-8(3)9(11-4)12-6-13-10/h6-7H,1-5H3,(H,11,12,13). The van der Waals surface area contributed by atoms with Crippen LogP contribution in [-0.4, -0.2) is 30.1 Å². The Labute approximate surface area is 85.4 Å². The molecule has 1 heterocycles. The van der Waals surface area contributed by atoms with Crippen molar-refractivity contribution in [2.45, 2.75) is 26.8 Å². The molecule has 0 spiro atoms. The first kappa shape index (κ1) is 10.8. The van der Waals surface area contributed by atoms with Gasteiger partial charge >= 0.3 is 0 Å². The van der Waals surface area contributed by atoms with Gasteiger partial charge in [0, 0.05) is 25.7 Å². The Kier molecular flexibility index (Phi) is 3.28. The summed E-state index contributed by atoms with van der Waals surface area (Å²) < 4.78 is 0. The summed E-state index contributed by atoms with van der Waals surface area (Å²) in [6.07, 6.45) is 1.59. The molecule has 78 valence electrons. The smallest absolute Gasteiger partial charge is 0.136 e. The van der Waals surface area contributed by atoms with Crippen LogP contribution in [0.3, 0.4) is 0 Å². The van der Waals surface area contributed by atoms with E-state index in [1.807, 2.05) is 21.0 Å². The Balaban J connectivity index is 3.09. The number of hydrogen-bond acceptors (Lipinski definition) is 4. The van der Waals surface area contributed by atoms with Crippen LogP contribution < -0.4 is 10.2 Å². The zero-order chi connectivity index (χ0) is 10.7. The Morgan fingerprint density at radius 2 is 2.00 bits per heavy atom. The topological polar surface area (TPSA) is 41.1 Å². The molecule has 0 amide bonds. The quantitative estimate of drug-likeness (QED) is 0.794. The fourth-order valence-corrected chi connectivity index (χ4v) is 1.29. The molecule has 1 N–H and O–H groups in total. The molecule has 0 fully saturated rings. The second-order valence-corrected chi connectivity index (χ2v) is 3.63. The maximum absolute atomic E-state index is 4.28. The van der Waals surface area contributed by atoms with E-state index in [1.54, 1.807) is 6.33 Å². The summed E-state index contributed by atoms with van der Waals surface area (Å²) in [6, 6.07) is 0.438. The van der Waals surface area contributed by atoms with Crippen LogP contribution in [0, 0.1) is 6.92 Å². The van der Waals surface area contributed by atoms with Crippen molar-refractivity contribution < 1.29 is 0 Å². The lowest BCUT2D eigenvalue weighted by atomic mass is 10.2. The number of rotatable bonds is 3. The van der Waals surface area contributed by atoms with Crippen molar-refractivity contribution in [2.24, 2.45) is 0 Å². The van der Waals surface area contributed by atoms with Gasteiger partial charge in [0.15, 0.2) is 0 Å². The Bertz CT molecular complexity index is 309. The van der Waals surface area contributed by atoms with Crippen LogP contribution in [0.1, 0.15) is 19.4 Å². The van der Waals surface area contributed by atoms with E-state index in [-0.39, 0.29) is 0 Å². The van der Waals surface area contributed by atoms with Gasteiger partial charge in [0.2, 0.25) is 0 Å². The van der Waals surface area contributed by atoms with Crippen molar-refractivity contribution in [3.05, 3.63) is 11.9 Å². The molecule has 14 heavy (non-hydrogen) atoms. The van der Waals surface area contributed by atoms with Gasteiger partial charge in [-0.05, 0) is 20.8 Å². The Hall–Kier alpha value is -1.32. The van der Waals surface area contributed by atoms with Crippen molar-refractivity contribution in [1.29, 1.82) is 0 Å². The van der Waals surface area contributed by atoms with Gasteiger partial charge in [-0.25, -0.2) is 9.97 Å². The summed E-state index contributed by atoms with van der Waals surface area (Å²) in [6.45, 7) is 6.31. The van der Waals surface area contributed by atoms with Crippen LogP contribution in [0.2, 0.25) is 0 Å². The number of nitrogens with one attached hydrogen (secondary N) is 1. The summed E-state index contributed by atoms with van der Waals surface area (Å²) in [5.41, 5.74) is 1.09. The van der Waals surface area contributed by atoms with E-state index in [0.717, 1.165) is 17.2 Å². The van der Waals surface area contributed by atoms with Crippen molar-refractivity contribution >= 4 is 11.6 Å². The third kappa shape index (κ3) is 1.95. The van der Waals surface area contributed by atoms with Gasteiger partial charge in [-0.3, -0.25) is 0 Å². The first-order valence-electron chi connectivity index (χ1n) is 4.80. The monoisotopic (exact) mass is 194 g/mol. The van der Waals surface area contributed by atoms with Crippen LogP contribution in [0.25, 0.3) is 0 Å². The van der Waals surface area contributed by atoms with E-state index in [1.165, 1.54) is 0 Å². The molecule has 0 bridgehead atoms. The normalized spacial score (nSPS) is 10.4. The highest BCUT2D eigenvalue weighted by Gasteiger charge is 2.11. The van der Waals surface area contributed by atoms with E-state index in [0.29, 0.717) is 6.04 Å². The van der Waals surface area contributed by atoms with Crippen molar-refractivity contribution in [1.82, 2.24) is 9.97 Å². The summed E-state index contributed by atoms with van der Waals surface area (Å²) in [4.78, 5) is 10.6. The minimum atomic E-state index is 0.438. The lowest BCUT2D eigenvalue weighted by Gasteiger charge is -2.24. The highest BCUT2D eigenvalue weighted by Crippen LogP contribution is 2.21. The van der Waals surface area contributed by atoms with Crippen molar-refractivity contribution in [2.75, 3.05) is 24.3 Å². The molecule has 1 aromatic heterocycles. The number of anilines is 2. The zero-order valence-electron chi connectivity index (χ0n) is 9.50. The highest BCUT2D eigenvalue weighted by atomic mass is 15.2. The third-order valence-corrected chi connectivity index (χ3v) is 2.40. The van der Waals surface area contributed by atoms with Gasteiger partial charge in [-0.15, -0.1) is 0 Å². The molecule has 4 nitrogen and oxygen atoms in total. The molecule has 0 aliphatic rings. The van der Waals surface area contributed by atoms with Crippen LogP contribution in [0.4, 0.5) is 11.6 Å². The average Bonchev–Trinajstić information content (AvgIpc) is 2.17. The first-order valence-corrected chi connectivity index (χ1v) is 4.80. The molecule has 0 aliphatic carbocycles. The molecular formula is C10H18N4. The van der Waals surface area contributed by atoms with Crippen LogP contribution in [-0.2, 0) is 0 Å². The van der Waals surface area contributed by atoms with E-state index in [2.05, 4.69) is 34.0 Å². The Morgan fingerprint density at radius 3 is 2.50 bits per heavy atom. The number of nitrogens with zero attached hydrogens (tertiary/aromatic N) is 3. The second-order valence-electron chi connectivity index (χ2n) is 3.63. The predicted octanol–water partition coefficient (Wildman–Crippen LogP) is 1.67. The predicted molar refractivity (Wildman–Crippen MR) is 59.9 cm³/mol. The summed E-state index contributed by atoms with van der Waals surface area (Å²) >= 11 is 0. The third-order valence-electron chi connectivity index (χ3n) is 2.40. The van der Waals surface area contributed by atoms with E-state index < -0.39 is 0 Å². The Morgan fingerprint density at radius 1 is 1.36 bits per heavy atom. The average molecular weight is 194 g/mol. The summed E-state index contributed by atoms with van der Waals surface area (Å²) in [7, 11) is 3.91. The van der Waals surface area contributed by atoms with Gasteiger partial charge in [-0.2, -0.15) is 0 Å². The van der Waals surface area contributed by atoms with Crippen molar-refractivity contribution in [3.63, 3.8) is 0 Å². The van der Waals surface area contributed by atoms with Gasteiger partial charge in [0.1, 0.15) is 18.0 Å². The molecule has 1 rings (SSSR count). The lowest BCUT2D eigenvalue weighted by Crippen LogP contribution is -2.27.